The molecule has 0 unspecified atom stereocenters. The first-order chi connectivity index (χ1) is 13.9. The number of nitrogens with one attached hydrogen (secondary N) is 1. The highest BCUT2D eigenvalue weighted by atomic mass is 16.6. The predicted octanol–water partition coefficient (Wildman–Crippen LogP) is 4.71. The van der Waals surface area contributed by atoms with Crippen molar-refractivity contribution in [3.05, 3.63) is 52.6 Å². The third-order valence-corrected chi connectivity index (χ3v) is 5.33. The highest BCUT2D eigenvalue weighted by Crippen LogP contribution is 2.33. The van der Waals surface area contributed by atoms with Crippen LogP contribution >= 0.6 is 0 Å². The Kier molecular flexibility index (Phi) is 6.68. The van der Waals surface area contributed by atoms with Gasteiger partial charge in [0.15, 0.2) is 11.5 Å². The minimum Gasteiger partial charge on any atom is -0.496 e. The standard InChI is InChI=1S/C24H31NO4/c1-15(2)19-14-20(16(3)12-22(19)27-5)17(4)25-24(26)9-7-18-6-8-21-23(13-18)29-11-10-28-21/h6,8,12-15,17H,7,9-11H2,1-5H3,(H,25,26)/t17-/m0/s1. The maximum absolute atomic E-state index is 12.6. The van der Waals surface area contributed by atoms with E-state index in [-0.39, 0.29) is 11.9 Å². The number of amides is 1. The van der Waals surface area contributed by atoms with Crippen molar-refractivity contribution in [1.29, 1.82) is 0 Å². The van der Waals surface area contributed by atoms with Crippen LogP contribution in [0.5, 0.6) is 17.2 Å². The maximum Gasteiger partial charge on any atom is 0.220 e. The molecule has 1 heterocycles. The fourth-order valence-electron chi connectivity index (χ4n) is 3.70. The second kappa shape index (κ2) is 9.21. The van der Waals surface area contributed by atoms with Gasteiger partial charge in [0.25, 0.3) is 0 Å². The molecule has 0 saturated heterocycles. The molecule has 0 radical (unpaired) electrons. The molecule has 0 saturated carbocycles. The van der Waals surface area contributed by atoms with Gasteiger partial charge in [-0.05, 0) is 72.7 Å². The lowest BCUT2D eigenvalue weighted by Crippen LogP contribution is -2.27. The van der Waals surface area contributed by atoms with E-state index in [9.17, 15) is 4.79 Å². The largest absolute Gasteiger partial charge is 0.496 e. The van der Waals surface area contributed by atoms with Crippen molar-refractivity contribution in [3.8, 4) is 17.2 Å². The van der Waals surface area contributed by atoms with E-state index in [0.29, 0.717) is 32.0 Å². The van der Waals surface area contributed by atoms with E-state index < -0.39 is 0 Å². The first-order valence-corrected chi connectivity index (χ1v) is 10.3. The zero-order valence-corrected chi connectivity index (χ0v) is 18.0. The Balaban J connectivity index is 1.63. The Hall–Kier alpha value is -2.69. The lowest BCUT2D eigenvalue weighted by atomic mass is 9.93. The van der Waals surface area contributed by atoms with Crippen molar-refractivity contribution in [3.63, 3.8) is 0 Å². The van der Waals surface area contributed by atoms with Crippen molar-refractivity contribution in [2.45, 2.75) is 52.5 Å². The average molecular weight is 398 g/mol. The van der Waals surface area contributed by atoms with E-state index in [1.54, 1.807) is 7.11 Å². The Morgan fingerprint density at radius 1 is 1.07 bits per heavy atom. The van der Waals surface area contributed by atoms with Crippen LogP contribution in [-0.4, -0.2) is 26.2 Å². The minimum atomic E-state index is -0.0637. The summed E-state index contributed by atoms with van der Waals surface area (Å²) in [6, 6.07) is 10.0. The second-order valence-corrected chi connectivity index (χ2v) is 7.87. The molecule has 0 aromatic heterocycles. The molecule has 0 aliphatic carbocycles. The van der Waals surface area contributed by atoms with E-state index in [4.69, 9.17) is 14.2 Å². The van der Waals surface area contributed by atoms with E-state index in [1.807, 2.05) is 25.1 Å². The van der Waals surface area contributed by atoms with Gasteiger partial charge < -0.3 is 19.5 Å². The molecular formula is C24H31NO4. The quantitative estimate of drug-likeness (QED) is 0.735. The zero-order valence-electron chi connectivity index (χ0n) is 18.0. The van der Waals surface area contributed by atoms with Crippen molar-refractivity contribution < 1.29 is 19.0 Å². The van der Waals surface area contributed by atoms with Crippen LogP contribution in [-0.2, 0) is 11.2 Å². The summed E-state index contributed by atoms with van der Waals surface area (Å²) in [6.07, 6.45) is 1.09. The summed E-state index contributed by atoms with van der Waals surface area (Å²) in [5.74, 6) is 2.82. The molecule has 29 heavy (non-hydrogen) atoms. The first-order valence-electron chi connectivity index (χ1n) is 10.3. The molecule has 156 valence electrons. The van der Waals surface area contributed by atoms with Crippen molar-refractivity contribution >= 4 is 5.91 Å². The third-order valence-electron chi connectivity index (χ3n) is 5.33. The molecular weight excluding hydrogens is 366 g/mol. The zero-order chi connectivity index (χ0) is 21.0. The van der Waals surface area contributed by atoms with Crippen LogP contribution in [0.3, 0.4) is 0 Å². The fraction of sp³-hybridized carbons (Fsp3) is 0.458. The molecule has 0 spiro atoms. The number of methoxy groups -OCH3 is 1. The van der Waals surface area contributed by atoms with E-state index >= 15 is 0 Å². The van der Waals surface area contributed by atoms with Crippen LogP contribution in [0.2, 0.25) is 0 Å². The highest BCUT2D eigenvalue weighted by molar-refractivity contribution is 5.76. The first kappa shape index (κ1) is 21.0. The predicted molar refractivity (Wildman–Crippen MR) is 114 cm³/mol. The Bertz CT molecular complexity index is 875. The summed E-state index contributed by atoms with van der Waals surface area (Å²) in [6.45, 7) is 9.52. The Morgan fingerprint density at radius 3 is 2.48 bits per heavy atom. The van der Waals surface area contributed by atoms with Gasteiger partial charge in [0, 0.05) is 6.42 Å². The molecule has 2 aromatic rings. The highest BCUT2D eigenvalue weighted by Gasteiger charge is 2.17. The van der Waals surface area contributed by atoms with Gasteiger partial charge in [-0.15, -0.1) is 0 Å². The molecule has 2 aromatic carbocycles. The molecule has 1 N–H and O–H groups in total. The molecule has 5 nitrogen and oxygen atoms in total. The van der Waals surface area contributed by atoms with Gasteiger partial charge in [-0.1, -0.05) is 19.9 Å². The van der Waals surface area contributed by atoms with Gasteiger partial charge in [0.1, 0.15) is 19.0 Å². The van der Waals surface area contributed by atoms with E-state index in [1.165, 1.54) is 0 Å². The molecule has 1 atom stereocenters. The van der Waals surface area contributed by atoms with Crippen LogP contribution in [0.4, 0.5) is 0 Å². The SMILES string of the molecule is COc1cc(C)c([C@H](C)NC(=O)CCc2ccc3c(c2)OCCO3)cc1C(C)C. The van der Waals surface area contributed by atoms with Crippen LogP contribution in [0, 0.1) is 6.92 Å². The molecule has 0 bridgehead atoms. The third kappa shape index (κ3) is 5.03. The van der Waals surface area contributed by atoms with Gasteiger partial charge in [-0.2, -0.15) is 0 Å². The lowest BCUT2D eigenvalue weighted by Gasteiger charge is -2.21. The van der Waals surface area contributed by atoms with Crippen molar-refractivity contribution in [1.82, 2.24) is 5.32 Å². The van der Waals surface area contributed by atoms with Gasteiger partial charge in [-0.25, -0.2) is 0 Å². The number of ether oxygens (including phenoxy) is 3. The molecule has 3 rings (SSSR count). The Morgan fingerprint density at radius 2 is 1.79 bits per heavy atom. The monoisotopic (exact) mass is 397 g/mol. The number of hydrogen-bond acceptors (Lipinski definition) is 4. The number of benzene rings is 2. The molecule has 1 aliphatic heterocycles. The van der Waals surface area contributed by atoms with Gasteiger partial charge in [0.05, 0.1) is 13.2 Å². The smallest absolute Gasteiger partial charge is 0.220 e. The summed E-state index contributed by atoms with van der Waals surface area (Å²) < 4.78 is 16.7. The van der Waals surface area contributed by atoms with Crippen LogP contribution in [0.15, 0.2) is 30.3 Å². The van der Waals surface area contributed by atoms with E-state index in [0.717, 1.165) is 39.5 Å². The summed E-state index contributed by atoms with van der Waals surface area (Å²) in [7, 11) is 1.70. The number of carbonyl (C=O) groups excluding carboxylic acids is 1. The van der Waals surface area contributed by atoms with Crippen LogP contribution in [0.25, 0.3) is 0 Å². The summed E-state index contributed by atoms with van der Waals surface area (Å²) >= 11 is 0. The number of aryl methyl sites for hydroxylation is 2. The number of hydrogen-bond donors (Lipinski definition) is 1. The lowest BCUT2D eigenvalue weighted by molar-refractivity contribution is -0.121. The second-order valence-electron chi connectivity index (χ2n) is 7.87. The molecule has 1 aliphatic rings. The van der Waals surface area contributed by atoms with Crippen molar-refractivity contribution in [2.75, 3.05) is 20.3 Å². The maximum atomic E-state index is 12.6. The van der Waals surface area contributed by atoms with Crippen molar-refractivity contribution in [2.24, 2.45) is 0 Å². The molecule has 0 fully saturated rings. The molecule has 1 amide bonds. The van der Waals surface area contributed by atoms with Gasteiger partial charge >= 0.3 is 0 Å². The molecule has 5 heteroatoms. The van der Waals surface area contributed by atoms with E-state index in [2.05, 4.69) is 38.2 Å². The number of fused-ring (bicyclic) bond motifs is 1. The van der Waals surface area contributed by atoms with Gasteiger partial charge in [0.2, 0.25) is 5.91 Å². The van der Waals surface area contributed by atoms with Crippen LogP contribution < -0.4 is 19.5 Å². The summed E-state index contributed by atoms with van der Waals surface area (Å²) in [5, 5.41) is 3.14. The van der Waals surface area contributed by atoms with Gasteiger partial charge in [-0.3, -0.25) is 4.79 Å². The number of rotatable bonds is 7. The average Bonchev–Trinajstić information content (AvgIpc) is 2.71. The Labute approximate surface area is 173 Å². The normalized spacial score (nSPS) is 13.9. The topological polar surface area (TPSA) is 56.8 Å². The summed E-state index contributed by atoms with van der Waals surface area (Å²) in [5.41, 5.74) is 4.47. The fourth-order valence-corrected chi connectivity index (χ4v) is 3.70. The number of carbonyl (C=O) groups is 1. The minimum absolute atomic E-state index is 0.0358. The summed E-state index contributed by atoms with van der Waals surface area (Å²) in [4.78, 5) is 12.6. The van der Waals surface area contributed by atoms with Crippen LogP contribution in [0.1, 0.15) is 61.4 Å².